The average molecular weight is 335 g/mol. The van der Waals surface area contributed by atoms with Crippen LogP contribution in [0.3, 0.4) is 0 Å². The maximum absolute atomic E-state index is 12.1. The highest BCUT2D eigenvalue weighted by atomic mass is 35.5. The van der Waals surface area contributed by atoms with Gasteiger partial charge in [-0.1, -0.05) is 18.5 Å². The second-order valence-corrected chi connectivity index (χ2v) is 6.51. The maximum Gasteiger partial charge on any atom is 0.230 e. The lowest BCUT2D eigenvalue weighted by Gasteiger charge is -2.16. The van der Waals surface area contributed by atoms with Crippen molar-refractivity contribution in [2.45, 2.75) is 31.2 Å². The van der Waals surface area contributed by atoms with Gasteiger partial charge in [0.1, 0.15) is 0 Å². The van der Waals surface area contributed by atoms with E-state index in [0.29, 0.717) is 10.8 Å². The van der Waals surface area contributed by atoms with Crippen molar-refractivity contribution in [1.29, 1.82) is 0 Å². The van der Waals surface area contributed by atoms with Crippen LogP contribution < -0.4 is 5.32 Å². The first-order valence-electron chi connectivity index (χ1n) is 7.18. The number of hydrogen-bond donors (Lipinski definition) is 1. The summed E-state index contributed by atoms with van der Waals surface area (Å²) in [7, 11) is 0. The van der Waals surface area contributed by atoms with E-state index in [1.165, 1.54) is 11.8 Å². The molecule has 1 heterocycles. The molecule has 0 aliphatic carbocycles. The SMILES string of the molecule is CCC(NC(=O)CSc1ccc(Cl)cc1)c1cc(C)ccn1. The molecule has 1 unspecified atom stereocenters. The fourth-order valence-electron chi connectivity index (χ4n) is 2.05. The largest absolute Gasteiger partial charge is 0.347 e. The molecule has 116 valence electrons. The van der Waals surface area contributed by atoms with E-state index in [1.807, 2.05) is 50.2 Å². The van der Waals surface area contributed by atoms with Gasteiger partial charge in [0.2, 0.25) is 5.91 Å². The number of nitrogens with one attached hydrogen (secondary N) is 1. The van der Waals surface area contributed by atoms with Gasteiger partial charge in [0, 0.05) is 16.1 Å². The lowest BCUT2D eigenvalue weighted by molar-refractivity contribution is -0.119. The van der Waals surface area contributed by atoms with E-state index in [-0.39, 0.29) is 11.9 Å². The van der Waals surface area contributed by atoms with Crippen LogP contribution >= 0.6 is 23.4 Å². The Balaban J connectivity index is 1.90. The summed E-state index contributed by atoms with van der Waals surface area (Å²) >= 11 is 7.34. The summed E-state index contributed by atoms with van der Waals surface area (Å²) in [6, 6.07) is 11.4. The molecule has 22 heavy (non-hydrogen) atoms. The van der Waals surface area contributed by atoms with Crippen LogP contribution in [0.5, 0.6) is 0 Å². The van der Waals surface area contributed by atoms with E-state index in [4.69, 9.17) is 11.6 Å². The van der Waals surface area contributed by atoms with Crippen LogP contribution in [0.4, 0.5) is 0 Å². The first-order valence-corrected chi connectivity index (χ1v) is 8.55. The van der Waals surface area contributed by atoms with Crippen molar-refractivity contribution in [3.63, 3.8) is 0 Å². The smallest absolute Gasteiger partial charge is 0.230 e. The van der Waals surface area contributed by atoms with Gasteiger partial charge >= 0.3 is 0 Å². The Morgan fingerprint density at radius 2 is 2.05 bits per heavy atom. The predicted molar refractivity (Wildman–Crippen MR) is 92.3 cm³/mol. The topological polar surface area (TPSA) is 42.0 Å². The number of nitrogens with zero attached hydrogens (tertiary/aromatic N) is 1. The number of amides is 1. The molecule has 5 heteroatoms. The summed E-state index contributed by atoms with van der Waals surface area (Å²) in [5.74, 6) is 0.388. The van der Waals surface area contributed by atoms with E-state index in [1.54, 1.807) is 6.20 Å². The Morgan fingerprint density at radius 3 is 2.68 bits per heavy atom. The summed E-state index contributed by atoms with van der Waals surface area (Å²) in [5, 5.41) is 3.74. The monoisotopic (exact) mass is 334 g/mol. The van der Waals surface area contributed by atoms with E-state index in [2.05, 4.69) is 10.3 Å². The first-order chi connectivity index (χ1) is 10.6. The van der Waals surface area contributed by atoms with Gasteiger partial charge in [-0.2, -0.15) is 0 Å². The summed E-state index contributed by atoms with van der Waals surface area (Å²) in [6.07, 6.45) is 2.59. The molecule has 2 aromatic rings. The molecule has 0 saturated heterocycles. The zero-order valence-electron chi connectivity index (χ0n) is 12.7. The lowest BCUT2D eigenvalue weighted by Crippen LogP contribution is -2.30. The first kappa shape index (κ1) is 16.8. The number of thioether (sulfide) groups is 1. The van der Waals surface area contributed by atoms with Crippen LogP contribution in [-0.4, -0.2) is 16.6 Å². The van der Waals surface area contributed by atoms with Crippen molar-refractivity contribution >= 4 is 29.3 Å². The third-order valence-electron chi connectivity index (χ3n) is 3.22. The van der Waals surface area contributed by atoms with Crippen LogP contribution in [0, 0.1) is 6.92 Å². The Morgan fingerprint density at radius 1 is 1.32 bits per heavy atom. The molecule has 0 fully saturated rings. The van der Waals surface area contributed by atoms with Gasteiger partial charge in [-0.05, 0) is 55.3 Å². The van der Waals surface area contributed by atoms with Crippen molar-refractivity contribution in [3.05, 3.63) is 58.9 Å². The number of carbonyl (C=O) groups excluding carboxylic acids is 1. The summed E-state index contributed by atoms with van der Waals surface area (Å²) in [5.41, 5.74) is 2.06. The highest BCUT2D eigenvalue weighted by Crippen LogP contribution is 2.21. The number of halogens is 1. The molecule has 1 aromatic carbocycles. The number of pyridine rings is 1. The average Bonchev–Trinajstić information content (AvgIpc) is 2.52. The molecule has 0 radical (unpaired) electrons. The minimum atomic E-state index is -0.0433. The van der Waals surface area contributed by atoms with Crippen molar-refractivity contribution in [3.8, 4) is 0 Å². The molecule has 0 saturated carbocycles. The van der Waals surface area contributed by atoms with Gasteiger partial charge in [0.05, 0.1) is 17.5 Å². The minimum Gasteiger partial charge on any atom is -0.347 e. The maximum atomic E-state index is 12.1. The lowest BCUT2D eigenvalue weighted by atomic mass is 10.1. The number of aromatic nitrogens is 1. The molecule has 1 N–H and O–H groups in total. The zero-order chi connectivity index (χ0) is 15.9. The van der Waals surface area contributed by atoms with Crippen LogP contribution in [-0.2, 0) is 4.79 Å². The van der Waals surface area contributed by atoms with Crippen LogP contribution in [0.25, 0.3) is 0 Å². The molecule has 3 nitrogen and oxygen atoms in total. The van der Waals surface area contributed by atoms with Gasteiger partial charge in [-0.25, -0.2) is 0 Å². The van der Waals surface area contributed by atoms with Gasteiger partial charge in [0.25, 0.3) is 0 Å². The minimum absolute atomic E-state index is 0.00936. The number of benzene rings is 1. The van der Waals surface area contributed by atoms with Crippen molar-refractivity contribution in [2.24, 2.45) is 0 Å². The van der Waals surface area contributed by atoms with Gasteiger partial charge in [0.15, 0.2) is 0 Å². The number of aryl methyl sites for hydroxylation is 1. The molecule has 0 aliphatic heterocycles. The van der Waals surface area contributed by atoms with Crippen LogP contribution in [0.1, 0.15) is 30.6 Å². The standard InChI is InChI=1S/C17H19ClN2OS/c1-3-15(16-10-12(2)8-9-19-16)20-17(21)11-22-14-6-4-13(18)5-7-14/h4-10,15H,3,11H2,1-2H3,(H,20,21). The highest BCUT2D eigenvalue weighted by molar-refractivity contribution is 8.00. The summed E-state index contributed by atoms with van der Waals surface area (Å²) in [6.45, 7) is 4.07. The second-order valence-electron chi connectivity index (χ2n) is 5.03. The highest BCUT2D eigenvalue weighted by Gasteiger charge is 2.14. The summed E-state index contributed by atoms with van der Waals surface area (Å²) in [4.78, 5) is 17.5. The van der Waals surface area contributed by atoms with E-state index in [9.17, 15) is 4.79 Å². The molecule has 1 amide bonds. The molecular formula is C17H19ClN2OS. The van der Waals surface area contributed by atoms with Crippen molar-refractivity contribution in [2.75, 3.05) is 5.75 Å². The molecule has 1 aromatic heterocycles. The Labute approximate surface area is 140 Å². The molecule has 0 bridgehead atoms. The molecule has 0 spiro atoms. The third kappa shape index (κ3) is 5.04. The summed E-state index contributed by atoms with van der Waals surface area (Å²) < 4.78 is 0. The fourth-order valence-corrected chi connectivity index (χ4v) is 2.89. The molecule has 1 atom stereocenters. The quantitative estimate of drug-likeness (QED) is 0.796. The van der Waals surface area contributed by atoms with Gasteiger partial charge < -0.3 is 5.32 Å². The zero-order valence-corrected chi connectivity index (χ0v) is 14.2. The van der Waals surface area contributed by atoms with Gasteiger partial charge in [-0.15, -0.1) is 11.8 Å². The normalized spacial score (nSPS) is 12.0. The third-order valence-corrected chi connectivity index (χ3v) is 4.48. The number of hydrogen-bond acceptors (Lipinski definition) is 3. The number of carbonyl (C=O) groups is 1. The Hall–Kier alpha value is -1.52. The molecule has 0 aliphatic rings. The van der Waals surface area contributed by atoms with Crippen LogP contribution in [0.15, 0.2) is 47.5 Å². The van der Waals surface area contributed by atoms with Crippen molar-refractivity contribution < 1.29 is 4.79 Å². The van der Waals surface area contributed by atoms with E-state index < -0.39 is 0 Å². The predicted octanol–water partition coefficient (Wildman–Crippen LogP) is 4.40. The van der Waals surface area contributed by atoms with Crippen LogP contribution in [0.2, 0.25) is 5.02 Å². The second kappa shape index (κ2) is 8.20. The fraction of sp³-hybridized carbons (Fsp3) is 0.294. The van der Waals surface area contributed by atoms with E-state index >= 15 is 0 Å². The molecular weight excluding hydrogens is 316 g/mol. The number of rotatable bonds is 6. The molecule has 2 rings (SSSR count). The Kier molecular flexibility index (Phi) is 6.28. The Bertz CT molecular complexity index is 631. The van der Waals surface area contributed by atoms with E-state index in [0.717, 1.165) is 22.6 Å². The van der Waals surface area contributed by atoms with Crippen molar-refractivity contribution in [1.82, 2.24) is 10.3 Å². The van der Waals surface area contributed by atoms with Gasteiger partial charge in [-0.3, -0.25) is 9.78 Å².